The summed E-state index contributed by atoms with van der Waals surface area (Å²) in [6, 6.07) is 6.55. The number of nitrogens with two attached hydrogens (primary N) is 1. The fraction of sp³-hybridized carbons (Fsp3) is 0.588. The van der Waals surface area contributed by atoms with Crippen LogP contribution in [-0.2, 0) is 0 Å². The van der Waals surface area contributed by atoms with Gasteiger partial charge in [-0.15, -0.1) is 0 Å². The summed E-state index contributed by atoms with van der Waals surface area (Å²) in [6.07, 6.45) is 1.33. The molecular weight excluding hydrogens is 295 g/mol. The second-order valence-electron chi connectivity index (χ2n) is 6.06. The summed E-state index contributed by atoms with van der Waals surface area (Å²) in [5, 5.41) is 10.3. The van der Waals surface area contributed by atoms with Crippen LogP contribution in [0.25, 0.3) is 0 Å². The SMILES string of the molecule is CCC(O)(CC)CN=C(N)N1CCN(c2ccc(F)cc2)CC1. The average Bonchev–Trinajstić information content (AvgIpc) is 2.60. The highest BCUT2D eigenvalue weighted by Crippen LogP contribution is 2.17. The van der Waals surface area contributed by atoms with Gasteiger partial charge in [0.1, 0.15) is 5.82 Å². The van der Waals surface area contributed by atoms with Crippen LogP contribution in [0.3, 0.4) is 0 Å². The molecule has 1 aliphatic heterocycles. The highest BCUT2D eigenvalue weighted by atomic mass is 19.1. The summed E-state index contributed by atoms with van der Waals surface area (Å²) in [4.78, 5) is 8.61. The number of halogens is 1. The van der Waals surface area contributed by atoms with E-state index in [1.54, 1.807) is 12.1 Å². The fourth-order valence-electron chi connectivity index (χ4n) is 2.65. The van der Waals surface area contributed by atoms with Gasteiger partial charge in [-0.1, -0.05) is 13.8 Å². The Labute approximate surface area is 137 Å². The van der Waals surface area contributed by atoms with Gasteiger partial charge in [0.25, 0.3) is 0 Å². The number of aliphatic imine (C=N–C) groups is 1. The molecule has 0 saturated carbocycles. The van der Waals surface area contributed by atoms with Crippen LogP contribution >= 0.6 is 0 Å². The zero-order valence-electron chi connectivity index (χ0n) is 14.0. The average molecular weight is 322 g/mol. The van der Waals surface area contributed by atoms with Crippen LogP contribution in [0.1, 0.15) is 26.7 Å². The molecule has 1 aliphatic rings. The first-order valence-electron chi connectivity index (χ1n) is 8.25. The highest BCUT2D eigenvalue weighted by molar-refractivity contribution is 5.78. The predicted molar refractivity (Wildman–Crippen MR) is 92.2 cm³/mol. The first-order valence-corrected chi connectivity index (χ1v) is 8.25. The lowest BCUT2D eigenvalue weighted by Crippen LogP contribution is -2.51. The molecule has 0 radical (unpaired) electrons. The third-order valence-corrected chi connectivity index (χ3v) is 4.65. The first kappa shape index (κ1) is 17.5. The van der Waals surface area contributed by atoms with E-state index in [4.69, 9.17) is 5.73 Å². The number of anilines is 1. The van der Waals surface area contributed by atoms with E-state index < -0.39 is 5.60 Å². The number of benzene rings is 1. The summed E-state index contributed by atoms with van der Waals surface area (Å²) in [6.45, 7) is 7.41. The van der Waals surface area contributed by atoms with Gasteiger partial charge in [-0.25, -0.2) is 4.39 Å². The molecule has 1 heterocycles. The second kappa shape index (κ2) is 7.64. The van der Waals surface area contributed by atoms with Gasteiger partial charge in [0.15, 0.2) is 5.96 Å². The molecule has 0 amide bonds. The molecule has 2 rings (SSSR count). The predicted octanol–water partition coefficient (Wildman–Crippen LogP) is 1.81. The van der Waals surface area contributed by atoms with Crippen molar-refractivity contribution in [3.8, 4) is 0 Å². The van der Waals surface area contributed by atoms with Gasteiger partial charge in [-0.2, -0.15) is 0 Å². The van der Waals surface area contributed by atoms with Crippen molar-refractivity contribution < 1.29 is 9.50 Å². The van der Waals surface area contributed by atoms with E-state index in [0.29, 0.717) is 25.3 Å². The molecular formula is C17H27FN4O. The van der Waals surface area contributed by atoms with Crippen molar-refractivity contribution >= 4 is 11.6 Å². The van der Waals surface area contributed by atoms with Crippen molar-refractivity contribution in [1.29, 1.82) is 0 Å². The maximum atomic E-state index is 13.0. The van der Waals surface area contributed by atoms with Gasteiger partial charge < -0.3 is 20.6 Å². The molecule has 5 nitrogen and oxygen atoms in total. The van der Waals surface area contributed by atoms with E-state index in [2.05, 4.69) is 9.89 Å². The van der Waals surface area contributed by atoms with Crippen LogP contribution in [-0.4, -0.2) is 54.3 Å². The number of guanidine groups is 1. The smallest absolute Gasteiger partial charge is 0.191 e. The normalized spacial score (nSPS) is 16.8. The lowest BCUT2D eigenvalue weighted by Gasteiger charge is -2.37. The molecule has 1 fully saturated rings. The van der Waals surface area contributed by atoms with E-state index >= 15 is 0 Å². The van der Waals surface area contributed by atoms with Crippen LogP contribution < -0.4 is 10.6 Å². The maximum absolute atomic E-state index is 13.0. The van der Waals surface area contributed by atoms with Gasteiger partial charge >= 0.3 is 0 Å². The van der Waals surface area contributed by atoms with Gasteiger partial charge in [0.05, 0.1) is 12.1 Å². The molecule has 1 aromatic rings. The molecule has 0 atom stereocenters. The molecule has 1 saturated heterocycles. The van der Waals surface area contributed by atoms with E-state index in [0.717, 1.165) is 31.9 Å². The molecule has 1 aromatic carbocycles. The third-order valence-electron chi connectivity index (χ3n) is 4.65. The zero-order valence-corrected chi connectivity index (χ0v) is 14.0. The summed E-state index contributed by atoms with van der Waals surface area (Å²) >= 11 is 0. The molecule has 3 N–H and O–H groups in total. The van der Waals surface area contributed by atoms with Crippen molar-refractivity contribution in [2.75, 3.05) is 37.6 Å². The summed E-state index contributed by atoms with van der Waals surface area (Å²) in [5.41, 5.74) is 6.32. The standard InChI is InChI=1S/C17H27FN4O/c1-3-17(23,4-2)13-20-16(19)22-11-9-21(10-12-22)15-7-5-14(18)6-8-15/h5-8,23H,3-4,9-13H2,1-2H3,(H2,19,20). The lowest BCUT2D eigenvalue weighted by atomic mass is 9.98. The summed E-state index contributed by atoms with van der Waals surface area (Å²) in [7, 11) is 0. The number of hydrogen-bond donors (Lipinski definition) is 2. The van der Waals surface area contributed by atoms with E-state index in [1.807, 2.05) is 18.7 Å². The van der Waals surface area contributed by atoms with E-state index in [1.165, 1.54) is 12.1 Å². The fourth-order valence-corrected chi connectivity index (χ4v) is 2.65. The number of piperazine rings is 1. The Morgan fingerprint density at radius 3 is 2.26 bits per heavy atom. The minimum absolute atomic E-state index is 0.219. The zero-order chi connectivity index (χ0) is 16.9. The summed E-state index contributed by atoms with van der Waals surface area (Å²) < 4.78 is 13.0. The third kappa shape index (κ3) is 4.58. The van der Waals surface area contributed by atoms with Crippen molar-refractivity contribution in [3.05, 3.63) is 30.1 Å². The molecule has 0 spiro atoms. The van der Waals surface area contributed by atoms with Crippen molar-refractivity contribution in [3.63, 3.8) is 0 Å². The Balaban J connectivity index is 1.89. The molecule has 0 aromatic heterocycles. The molecule has 23 heavy (non-hydrogen) atoms. The largest absolute Gasteiger partial charge is 0.388 e. The van der Waals surface area contributed by atoms with E-state index in [9.17, 15) is 9.50 Å². The van der Waals surface area contributed by atoms with Gasteiger partial charge in [0, 0.05) is 31.9 Å². The first-order chi connectivity index (χ1) is 11.0. The minimum atomic E-state index is -0.763. The van der Waals surface area contributed by atoms with Crippen LogP contribution in [0.2, 0.25) is 0 Å². The quantitative estimate of drug-likeness (QED) is 0.641. The maximum Gasteiger partial charge on any atom is 0.191 e. The number of hydrogen-bond acceptors (Lipinski definition) is 3. The van der Waals surface area contributed by atoms with E-state index in [-0.39, 0.29) is 5.82 Å². The van der Waals surface area contributed by atoms with Gasteiger partial charge in [0.2, 0.25) is 0 Å². The molecule has 128 valence electrons. The Kier molecular flexibility index (Phi) is 5.82. The number of nitrogens with zero attached hydrogens (tertiary/aromatic N) is 3. The molecule has 6 heteroatoms. The lowest BCUT2D eigenvalue weighted by molar-refractivity contribution is 0.0416. The highest BCUT2D eigenvalue weighted by Gasteiger charge is 2.23. The van der Waals surface area contributed by atoms with Crippen molar-refractivity contribution in [1.82, 2.24) is 4.90 Å². The minimum Gasteiger partial charge on any atom is -0.388 e. The molecule has 0 bridgehead atoms. The van der Waals surface area contributed by atoms with Gasteiger partial charge in [-0.05, 0) is 37.1 Å². The topological polar surface area (TPSA) is 65.1 Å². The van der Waals surface area contributed by atoms with Crippen molar-refractivity contribution in [2.24, 2.45) is 10.7 Å². The summed E-state index contributed by atoms with van der Waals surface area (Å²) in [5.74, 6) is 0.271. The molecule has 0 unspecified atom stereocenters. The Hall–Kier alpha value is -1.82. The number of aliphatic hydroxyl groups is 1. The Bertz CT molecular complexity index is 520. The number of rotatable bonds is 5. The van der Waals surface area contributed by atoms with Crippen LogP contribution in [0.15, 0.2) is 29.3 Å². The van der Waals surface area contributed by atoms with Gasteiger partial charge in [-0.3, -0.25) is 4.99 Å². The Morgan fingerprint density at radius 2 is 1.74 bits per heavy atom. The van der Waals surface area contributed by atoms with Crippen LogP contribution in [0.5, 0.6) is 0 Å². The van der Waals surface area contributed by atoms with Crippen molar-refractivity contribution in [2.45, 2.75) is 32.3 Å². The van der Waals surface area contributed by atoms with Crippen LogP contribution in [0.4, 0.5) is 10.1 Å². The monoisotopic (exact) mass is 322 g/mol. The second-order valence-corrected chi connectivity index (χ2v) is 6.06. The van der Waals surface area contributed by atoms with Crippen LogP contribution in [0, 0.1) is 5.82 Å². The Morgan fingerprint density at radius 1 is 1.17 bits per heavy atom. The molecule has 0 aliphatic carbocycles.